The Labute approximate surface area is 281 Å². The standard InChI is InChI=1S/C35H31N9O4S/c1-21-3-8-26(9-4-21)49(46,47)44-31-17-23(28-11-12-33(41-40-28)42-13-15-48-16-14-42)5-6-24(31)18-32(44)34(45)27-20-37-43(35(27)36)25-7-10-29-30(19-25)39-22(2)38-29/h3-12,17-20H,13-16,36H2,1-2H3,(H,38,39). The number of anilines is 2. The molecule has 13 nitrogen and oxygen atoms in total. The minimum Gasteiger partial charge on any atom is -0.383 e. The van der Waals surface area contributed by atoms with Crippen molar-refractivity contribution in [3.8, 4) is 16.9 Å². The van der Waals surface area contributed by atoms with Crippen LogP contribution in [0.1, 0.15) is 27.4 Å². The van der Waals surface area contributed by atoms with Gasteiger partial charge in [0.1, 0.15) is 17.3 Å². The number of ether oxygens (including phenoxy) is 1. The van der Waals surface area contributed by atoms with Crippen LogP contribution in [0.2, 0.25) is 0 Å². The summed E-state index contributed by atoms with van der Waals surface area (Å²) in [6.07, 6.45) is 1.36. The van der Waals surface area contributed by atoms with E-state index in [-0.39, 0.29) is 22.0 Å². The molecule has 49 heavy (non-hydrogen) atoms. The van der Waals surface area contributed by atoms with Crippen molar-refractivity contribution in [2.75, 3.05) is 36.9 Å². The number of carbonyl (C=O) groups is 1. The van der Waals surface area contributed by atoms with Crippen LogP contribution in [0.4, 0.5) is 11.6 Å². The lowest BCUT2D eigenvalue weighted by Gasteiger charge is -2.27. The molecule has 0 spiro atoms. The molecule has 5 heterocycles. The zero-order valence-corrected chi connectivity index (χ0v) is 27.5. The maximum Gasteiger partial charge on any atom is 0.268 e. The molecule has 4 aromatic heterocycles. The number of nitrogens with two attached hydrogens (primary N) is 1. The summed E-state index contributed by atoms with van der Waals surface area (Å²) in [5, 5.41) is 13.8. The highest BCUT2D eigenvalue weighted by Crippen LogP contribution is 2.32. The maximum atomic E-state index is 14.4. The average molecular weight is 674 g/mol. The molecular formula is C35H31N9O4S. The number of imidazole rings is 1. The summed E-state index contributed by atoms with van der Waals surface area (Å²) in [5.41, 5.74) is 11.1. The number of hydrogen-bond donors (Lipinski definition) is 2. The van der Waals surface area contributed by atoms with E-state index < -0.39 is 15.8 Å². The average Bonchev–Trinajstić information content (AvgIpc) is 3.82. The van der Waals surface area contributed by atoms with Crippen molar-refractivity contribution in [1.82, 2.24) is 33.9 Å². The molecule has 1 aliphatic heterocycles. The summed E-state index contributed by atoms with van der Waals surface area (Å²) in [6, 6.07) is 22.6. The number of fused-ring (bicyclic) bond motifs is 2. The first-order valence-electron chi connectivity index (χ1n) is 15.7. The van der Waals surface area contributed by atoms with Crippen LogP contribution >= 0.6 is 0 Å². The van der Waals surface area contributed by atoms with Crippen molar-refractivity contribution in [1.29, 1.82) is 0 Å². The zero-order chi connectivity index (χ0) is 33.9. The molecule has 3 aromatic carbocycles. The van der Waals surface area contributed by atoms with E-state index in [1.54, 1.807) is 36.4 Å². The summed E-state index contributed by atoms with van der Waals surface area (Å²) in [5.74, 6) is 0.982. The molecule has 0 radical (unpaired) electrons. The second-order valence-electron chi connectivity index (χ2n) is 12.0. The first-order chi connectivity index (χ1) is 23.7. The van der Waals surface area contributed by atoms with Gasteiger partial charge in [0.05, 0.1) is 57.8 Å². The van der Waals surface area contributed by atoms with Crippen molar-refractivity contribution < 1.29 is 17.9 Å². The Balaban J connectivity index is 1.24. The Morgan fingerprint density at radius 1 is 0.918 bits per heavy atom. The molecule has 14 heteroatoms. The number of benzene rings is 3. The summed E-state index contributed by atoms with van der Waals surface area (Å²) in [6.45, 7) is 6.44. The number of aromatic amines is 1. The number of nitrogen functional groups attached to an aromatic ring is 1. The van der Waals surface area contributed by atoms with Crippen LogP contribution in [-0.4, -0.2) is 74.4 Å². The molecule has 0 bridgehead atoms. The van der Waals surface area contributed by atoms with Crippen LogP contribution < -0.4 is 10.6 Å². The van der Waals surface area contributed by atoms with Crippen LogP contribution in [0.15, 0.2) is 90.0 Å². The third-order valence-corrected chi connectivity index (χ3v) is 10.5. The Morgan fingerprint density at radius 3 is 2.47 bits per heavy atom. The smallest absolute Gasteiger partial charge is 0.268 e. The molecular weight excluding hydrogens is 643 g/mol. The van der Waals surface area contributed by atoms with Crippen LogP contribution in [0.5, 0.6) is 0 Å². The van der Waals surface area contributed by atoms with Gasteiger partial charge in [0, 0.05) is 24.0 Å². The minimum atomic E-state index is -4.26. The van der Waals surface area contributed by atoms with Gasteiger partial charge >= 0.3 is 0 Å². The molecule has 7 aromatic rings. The van der Waals surface area contributed by atoms with Crippen molar-refractivity contribution in [2.45, 2.75) is 18.7 Å². The number of aromatic nitrogens is 7. The normalized spacial score (nSPS) is 13.8. The fraction of sp³-hybridized carbons (Fsp3) is 0.171. The summed E-state index contributed by atoms with van der Waals surface area (Å²) in [4.78, 5) is 24.1. The molecule has 0 atom stereocenters. The lowest BCUT2D eigenvalue weighted by molar-refractivity contribution is 0.103. The van der Waals surface area contributed by atoms with Gasteiger partial charge in [-0.1, -0.05) is 29.8 Å². The second kappa shape index (κ2) is 11.7. The highest BCUT2D eigenvalue weighted by molar-refractivity contribution is 7.90. The molecule has 1 fully saturated rings. The topological polar surface area (TPSA) is 167 Å². The van der Waals surface area contributed by atoms with Crippen LogP contribution in [0.3, 0.4) is 0 Å². The number of nitrogens with zero attached hydrogens (tertiary/aromatic N) is 7. The van der Waals surface area contributed by atoms with Gasteiger partial charge in [0.15, 0.2) is 5.82 Å². The number of rotatable bonds is 7. The molecule has 1 aliphatic rings. The third kappa shape index (κ3) is 5.30. The first kappa shape index (κ1) is 30.5. The fourth-order valence-corrected chi connectivity index (χ4v) is 7.65. The van der Waals surface area contributed by atoms with Gasteiger partial charge in [0.2, 0.25) is 5.78 Å². The van der Waals surface area contributed by atoms with Crippen molar-refractivity contribution >= 4 is 49.4 Å². The quantitative estimate of drug-likeness (QED) is 0.227. The zero-order valence-electron chi connectivity index (χ0n) is 26.7. The van der Waals surface area contributed by atoms with Gasteiger partial charge in [-0.3, -0.25) is 4.79 Å². The summed E-state index contributed by atoms with van der Waals surface area (Å²) < 4.78 is 36.8. The van der Waals surface area contributed by atoms with E-state index in [1.807, 2.05) is 44.2 Å². The SMILES string of the molecule is Cc1ccc(S(=O)(=O)n2c(C(=O)c3cnn(-c4ccc5nc(C)[nH]c5c4)c3N)cc3ccc(-c4ccc(N5CCOCC5)nn4)cc32)cc1. The number of ketones is 1. The lowest BCUT2D eigenvalue weighted by atomic mass is 10.1. The predicted molar refractivity (Wildman–Crippen MR) is 186 cm³/mol. The van der Waals surface area contributed by atoms with E-state index in [0.29, 0.717) is 41.1 Å². The first-order valence-corrected chi connectivity index (χ1v) is 17.1. The van der Waals surface area contributed by atoms with E-state index >= 15 is 0 Å². The second-order valence-corrected chi connectivity index (χ2v) is 13.8. The number of aryl methyl sites for hydroxylation is 2. The number of morpholine rings is 1. The molecule has 8 rings (SSSR count). The Bertz CT molecular complexity index is 2490. The lowest BCUT2D eigenvalue weighted by Crippen LogP contribution is -2.36. The fourth-order valence-electron chi connectivity index (χ4n) is 6.14. The molecule has 0 amide bonds. The van der Waals surface area contributed by atoms with Crippen LogP contribution in [0, 0.1) is 13.8 Å². The Kier molecular flexibility index (Phi) is 7.26. The highest BCUT2D eigenvalue weighted by Gasteiger charge is 2.29. The van der Waals surface area contributed by atoms with Gasteiger partial charge in [-0.15, -0.1) is 10.2 Å². The van der Waals surface area contributed by atoms with E-state index in [9.17, 15) is 13.2 Å². The minimum absolute atomic E-state index is 0.0385. The summed E-state index contributed by atoms with van der Waals surface area (Å²) >= 11 is 0. The predicted octanol–water partition coefficient (Wildman–Crippen LogP) is 4.66. The monoisotopic (exact) mass is 673 g/mol. The van der Waals surface area contributed by atoms with Gasteiger partial charge in [-0.2, -0.15) is 5.10 Å². The van der Waals surface area contributed by atoms with E-state index in [1.165, 1.54) is 23.0 Å². The van der Waals surface area contributed by atoms with E-state index in [4.69, 9.17) is 10.5 Å². The Hall–Kier alpha value is -5.86. The van der Waals surface area contributed by atoms with Crippen LogP contribution in [-0.2, 0) is 14.8 Å². The number of hydrogen-bond acceptors (Lipinski definition) is 10. The van der Waals surface area contributed by atoms with E-state index in [2.05, 4.69) is 30.2 Å². The molecule has 0 aliphatic carbocycles. The molecule has 0 saturated carbocycles. The van der Waals surface area contributed by atoms with Crippen LogP contribution in [0.25, 0.3) is 38.9 Å². The van der Waals surface area contributed by atoms with Crippen molar-refractivity contribution in [3.05, 3.63) is 108 Å². The highest BCUT2D eigenvalue weighted by atomic mass is 32.2. The summed E-state index contributed by atoms with van der Waals surface area (Å²) in [7, 11) is -4.26. The molecule has 0 unspecified atom stereocenters. The molecule has 246 valence electrons. The maximum absolute atomic E-state index is 14.4. The van der Waals surface area contributed by atoms with Crippen molar-refractivity contribution in [3.63, 3.8) is 0 Å². The molecule has 3 N–H and O–H groups in total. The van der Waals surface area contributed by atoms with Gasteiger partial charge in [0.25, 0.3) is 10.0 Å². The Morgan fingerprint density at radius 2 is 1.71 bits per heavy atom. The number of H-pyrrole nitrogens is 1. The largest absolute Gasteiger partial charge is 0.383 e. The number of nitrogens with one attached hydrogen (secondary N) is 1. The van der Waals surface area contributed by atoms with Crippen molar-refractivity contribution in [2.24, 2.45) is 0 Å². The van der Waals surface area contributed by atoms with Gasteiger partial charge in [-0.25, -0.2) is 22.1 Å². The number of carbonyl (C=O) groups excluding carboxylic acids is 1. The van der Waals surface area contributed by atoms with Gasteiger partial charge < -0.3 is 20.4 Å². The van der Waals surface area contributed by atoms with E-state index in [0.717, 1.165) is 45.3 Å². The van der Waals surface area contributed by atoms with Gasteiger partial charge in [-0.05, 0) is 68.4 Å². The third-order valence-electron chi connectivity index (χ3n) is 8.71. The molecule has 1 saturated heterocycles.